The van der Waals surface area contributed by atoms with Crippen molar-refractivity contribution < 1.29 is 19.1 Å². The highest BCUT2D eigenvalue weighted by Gasteiger charge is 2.29. The number of fused-ring (bicyclic) bond motifs is 1. The molecule has 0 spiro atoms. The Morgan fingerprint density at radius 3 is 2.56 bits per heavy atom. The van der Waals surface area contributed by atoms with Crippen LogP contribution in [0.15, 0.2) is 60.9 Å². The lowest BCUT2D eigenvalue weighted by Gasteiger charge is -2.16. The molecule has 0 unspecified atom stereocenters. The Labute approximate surface area is 196 Å². The van der Waals surface area contributed by atoms with E-state index in [1.165, 1.54) is 12.1 Å². The number of benzene rings is 2. The van der Waals surface area contributed by atoms with Crippen molar-refractivity contribution in [1.82, 2.24) is 9.88 Å². The SMILES string of the molecule is CN(C)Cc1ccc(N/C(=C2\C(=O)Nc3cc(F)ccc32)c2cncc(CCC(=O)O)c2)cc1. The summed E-state index contributed by atoms with van der Waals surface area (Å²) in [5, 5.41) is 15.1. The number of rotatable bonds is 8. The third kappa shape index (κ3) is 5.29. The quantitative estimate of drug-likeness (QED) is 0.436. The van der Waals surface area contributed by atoms with Crippen LogP contribution in [0.3, 0.4) is 0 Å². The number of carboxylic acids is 1. The summed E-state index contributed by atoms with van der Waals surface area (Å²) in [6.07, 6.45) is 3.52. The molecule has 0 atom stereocenters. The number of hydrogen-bond donors (Lipinski definition) is 3. The molecule has 4 rings (SSSR count). The molecule has 0 fully saturated rings. The maximum Gasteiger partial charge on any atom is 0.303 e. The monoisotopic (exact) mass is 460 g/mol. The smallest absolute Gasteiger partial charge is 0.303 e. The summed E-state index contributed by atoms with van der Waals surface area (Å²) in [6, 6.07) is 13.9. The van der Waals surface area contributed by atoms with Crippen molar-refractivity contribution >= 4 is 34.5 Å². The maximum absolute atomic E-state index is 13.8. The number of carbonyl (C=O) groups is 2. The number of hydrogen-bond acceptors (Lipinski definition) is 5. The van der Waals surface area contributed by atoms with E-state index in [0.717, 1.165) is 23.4 Å². The molecular weight excluding hydrogens is 435 g/mol. The number of carboxylic acid groups (broad SMARTS) is 1. The summed E-state index contributed by atoms with van der Waals surface area (Å²) in [5.41, 5.74) is 5.12. The van der Waals surface area contributed by atoms with Gasteiger partial charge in [-0.1, -0.05) is 12.1 Å². The van der Waals surface area contributed by atoms with Crippen LogP contribution in [0.1, 0.15) is 28.7 Å². The number of amides is 1. The van der Waals surface area contributed by atoms with Gasteiger partial charge in [-0.3, -0.25) is 14.6 Å². The van der Waals surface area contributed by atoms with Crippen molar-refractivity contribution in [3.05, 3.63) is 89.0 Å². The molecule has 1 aromatic heterocycles. The fraction of sp³-hybridized carbons (Fsp3) is 0.192. The van der Waals surface area contributed by atoms with Crippen molar-refractivity contribution in [1.29, 1.82) is 0 Å². The summed E-state index contributed by atoms with van der Waals surface area (Å²) in [5.74, 6) is -1.70. The number of anilines is 2. The molecule has 2 heterocycles. The number of aromatic nitrogens is 1. The summed E-state index contributed by atoms with van der Waals surface area (Å²) < 4.78 is 13.8. The van der Waals surface area contributed by atoms with Gasteiger partial charge in [0.25, 0.3) is 5.91 Å². The van der Waals surface area contributed by atoms with Crippen LogP contribution in [0, 0.1) is 5.82 Å². The van der Waals surface area contributed by atoms with Gasteiger partial charge in [-0.15, -0.1) is 0 Å². The van der Waals surface area contributed by atoms with Gasteiger partial charge in [-0.25, -0.2) is 4.39 Å². The van der Waals surface area contributed by atoms with Crippen LogP contribution in [0.25, 0.3) is 11.3 Å². The minimum atomic E-state index is -0.897. The van der Waals surface area contributed by atoms with Crippen LogP contribution in [0.5, 0.6) is 0 Å². The molecule has 8 heteroatoms. The van der Waals surface area contributed by atoms with Crippen LogP contribution in [-0.4, -0.2) is 41.0 Å². The van der Waals surface area contributed by atoms with Crippen LogP contribution in [-0.2, 0) is 22.6 Å². The normalized spacial score (nSPS) is 14.1. The fourth-order valence-electron chi connectivity index (χ4n) is 3.89. The molecule has 0 radical (unpaired) electrons. The zero-order valence-corrected chi connectivity index (χ0v) is 18.9. The van der Waals surface area contributed by atoms with E-state index in [-0.39, 0.29) is 12.3 Å². The van der Waals surface area contributed by atoms with Crippen molar-refractivity contribution in [3.63, 3.8) is 0 Å². The first-order valence-corrected chi connectivity index (χ1v) is 10.8. The average molecular weight is 461 g/mol. The molecule has 0 bridgehead atoms. The Kier molecular flexibility index (Phi) is 6.70. The Morgan fingerprint density at radius 1 is 1.09 bits per heavy atom. The standard InChI is InChI=1S/C26H25FN4O3/c1-31(2)15-16-3-7-20(8-4-16)29-25(18-11-17(13-28-14-18)5-10-23(32)33)24-21-9-6-19(27)12-22(21)30-26(24)34/h3-4,6-9,11-14,29H,5,10,15H2,1-2H3,(H,30,34)(H,32,33)/b25-24-. The lowest BCUT2D eigenvalue weighted by molar-refractivity contribution is -0.137. The summed E-state index contributed by atoms with van der Waals surface area (Å²) in [6.45, 7) is 0.797. The number of carbonyl (C=O) groups excluding carboxylic acids is 1. The number of nitrogens with one attached hydrogen (secondary N) is 2. The van der Waals surface area contributed by atoms with Crippen molar-refractivity contribution in [2.75, 3.05) is 24.7 Å². The van der Waals surface area contributed by atoms with Crippen LogP contribution in [0.4, 0.5) is 15.8 Å². The summed E-state index contributed by atoms with van der Waals surface area (Å²) in [4.78, 5) is 30.3. The van der Waals surface area contributed by atoms with Crippen LogP contribution in [0.2, 0.25) is 0 Å². The lowest BCUT2D eigenvalue weighted by atomic mass is 9.99. The Morgan fingerprint density at radius 2 is 1.85 bits per heavy atom. The summed E-state index contributed by atoms with van der Waals surface area (Å²) >= 11 is 0. The second-order valence-electron chi connectivity index (χ2n) is 8.43. The molecule has 34 heavy (non-hydrogen) atoms. The minimum Gasteiger partial charge on any atom is -0.481 e. The highest BCUT2D eigenvalue weighted by Crippen LogP contribution is 2.38. The average Bonchev–Trinajstić information content (AvgIpc) is 3.11. The molecule has 174 valence electrons. The lowest BCUT2D eigenvalue weighted by Crippen LogP contribution is -2.11. The van der Waals surface area contributed by atoms with Crippen LogP contribution < -0.4 is 10.6 Å². The van der Waals surface area contributed by atoms with Crippen molar-refractivity contribution in [2.45, 2.75) is 19.4 Å². The number of aliphatic carboxylic acids is 1. The highest BCUT2D eigenvalue weighted by atomic mass is 19.1. The molecule has 3 aromatic rings. The van der Waals surface area contributed by atoms with Gasteiger partial charge in [0.15, 0.2) is 0 Å². The van der Waals surface area contributed by atoms with E-state index in [4.69, 9.17) is 5.11 Å². The van der Waals surface area contributed by atoms with Crippen molar-refractivity contribution in [2.24, 2.45) is 0 Å². The first kappa shape index (κ1) is 23.1. The fourth-order valence-corrected chi connectivity index (χ4v) is 3.89. The number of aryl methyl sites for hydroxylation is 1. The molecule has 0 aliphatic carbocycles. The second kappa shape index (κ2) is 9.84. The van der Waals surface area contributed by atoms with E-state index in [9.17, 15) is 14.0 Å². The van der Waals surface area contributed by atoms with Gasteiger partial charge >= 0.3 is 5.97 Å². The van der Waals surface area contributed by atoms with Gasteiger partial charge in [0.2, 0.25) is 0 Å². The van der Waals surface area contributed by atoms with E-state index in [2.05, 4.69) is 20.5 Å². The molecule has 1 amide bonds. The second-order valence-corrected chi connectivity index (χ2v) is 8.43. The molecule has 0 saturated carbocycles. The Balaban J connectivity index is 1.78. The van der Waals surface area contributed by atoms with Gasteiger partial charge < -0.3 is 20.6 Å². The first-order valence-electron chi connectivity index (χ1n) is 10.8. The zero-order chi connectivity index (χ0) is 24.2. The number of pyridine rings is 1. The molecular formula is C26H25FN4O3. The Bertz CT molecular complexity index is 1270. The van der Waals surface area contributed by atoms with Gasteiger partial charge in [-0.05, 0) is 68.0 Å². The van der Waals surface area contributed by atoms with E-state index in [1.54, 1.807) is 18.5 Å². The van der Waals surface area contributed by atoms with Gasteiger partial charge in [-0.2, -0.15) is 0 Å². The molecule has 1 aliphatic heterocycles. The molecule has 0 saturated heterocycles. The van der Waals surface area contributed by atoms with Crippen LogP contribution >= 0.6 is 0 Å². The summed E-state index contributed by atoms with van der Waals surface area (Å²) in [7, 11) is 4.00. The van der Waals surface area contributed by atoms with E-state index in [1.807, 2.05) is 44.4 Å². The third-order valence-electron chi connectivity index (χ3n) is 5.41. The predicted molar refractivity (Wildman–Crippen MR) is 129 cm³/mol. The number of halogens is 1. The van der Waals surface area contributed by atoms with Gasteiger partial charge in [0.05, 0.1) is 17.0 Å². The van der Waals surface area contributed by atoms with Gasteiger partial charge in [0.1, 0.15) is 5.82 Å². The number of nitrogens with zero attached hydrogens (tertiary/aromatic N) is 2. The first-order chi connectivity index (χ1) is 16.3. The maximum atomic E-state index is 13.8. The molecule has 7 nitrogen and oxygen atoms in total. The third-order valence-corrected chi connectivity index (χ3v) is 5.41. The predicted octanol–water partition coefficient (Wildman–Crippen LogP) is 4.23. The van der Waals surface area contributed by atoms with E-state index < -0.39 is 11.8 Å². The Hall–Kier alpha value is -4.04. The minimum absolute atomic E-state index is 0.0274. The van der Waals surface area contributed by atoms with Crippen molar-refractivity contribution in [3.8, 4) is 0 Å². The van der Waals surface area contributed by atoms with E-state index >= 15 is 0 Å². The van der Waals surface area contributed by atoms with Gasteiger partial charge in [0, 0.05) is 42.2 Å². The molecule has 2 aromatic carbocycles. The molecule has 3 N–H and O–H groups in total. The highest BCUT2D eigenvalue weighted by molar-refractivity contribution is 6.37. The molecule has 1 aliphatic rings. The largest absolute Gasteiger partial charge is 0.481 e. The topological polar surface area (TPSA) is 94.6 Å². The zero-order valence-electron chi connectivity index (χ0n) is 18.9. The van der Waals surface area contributed by atoms with E-state index in [0.29, 0.717) is 34.5 Å².